The van der Waals surface area contributed by atoms with Crippen molar-refractivity contribution in [2.24, 2.45) is 0 Å². The van der Waals surface area contributed by atoms with Crippen molar-refractivity contribution in [1.29, 1.82) is 0 Å². The fraction of sp³-hybridized carbons (Fsp3) is 0.583. The molecule has 0 radical (unpaired) electrons. The Balaban J connectivity index is 1.59. The van der Waals surface area contributed by atoms with Crippen LogP contribution in [0.1, 0.15) is 12.8 Å². The van der Waals surface area contributed by atoms with Crippen LogP contribution in [0.5, 0.6) is 0 Å². The summed E-state index contributed by atoms with van der Waals surface area (Å²) >= 11 is 1.57. The van der Waals surface area contributed by atoms with Crippen molar-refractivity contribution in [2.75, 3.05) is 31.5 Å². The molecule has 0 aromatic carbocycles. The van der Waals surface area contributed by atoms with E-state index in [1.807, 2.05) is 22.4 Å². The van der Waals surface area contributed by atoms with E-state index < -0.39 is 0 Å². The minimum atomic E-state index is 0.0546. The molecule has 1 aromatic rings. The highest BCUT2D eigenvalue weighted by Crippen LogP contribution is 2.22. The van der Waals surface area contributed by atoms with Gasteiger partial charge in [0.1, 0.15) is 0 Å². The van der Waals surface area contributed by atoms with Gasteiger partial charge < -0.3 is 4.90 Å². The molecule has 0 saturated carbocycles. The fourth-order valence-electron chi connectivity index (χ4n) is 2.71. The largest absolute Gasteiger partial charge is 0.322 e. The van der Waals surface area contributed by atoms with Crippen molar-refractivity contribution in [2.45, 2.75) is 18.9 Å². The van der Waals surface area contributed by atoms with Crippen LogP contribution in [0.15, 0.2) is 17.5 Å². The first-order valence-corrected chi connectivity index (χ1v) is 7.04. The van der Waals surface area contributed by atoms with Crippen LogP contribution in [0.4, 0.5) is 9.80 Å². The molecule has 2 fully saturated rings. The summed E-state index contributed by atoms with van der Waals surface area (Å²) in [6.45, 7) is 3.98. The zero-order chi connectivity index (χ0) is 11.7. The molecule has 1 N–H and O–H groups in total. The molecule has 3 rings (SSSR count). The summed E-state index contributed by atoms with van der Waals surface area (Å²) in [5.41, 5.74) is 0. The van der Waals surface area contributed by atoms with Gasteiger partial charge in [0, 0.05) is 25.7 Å². The monoisotopic (exact) mass is 251 g/mol. The summed E-state index contributed by atoms with van der Waals surface area (Å²) < 4.78 is 0. The lowest BCUT2D eigenvalue weighted by molar-refractivity contribution is 0.124. The quantitative estimate of drug-likeness (QED) is 0.829. The number of fused-ring (bicyclic) bond motifs is 1. The Bertz CT molecular complexity index is 392. The molecule has 1 unspecified atom stereocenters. The first-order chi connectivity index (χ1) is 8.33. The molecule has 2 amide bonds. The third-order valence-electron chi connectivity index (χ3n) is 3.63. The molecule has 4 nitrogen and oxygen atoms in total. The van der Waals surface area contributed by atoms with Gasteiger partial charge in [-0.25, -0.2) is 4.79 Å². The van der Waals surface area contributed by atoms with Gasteiger partial charge in [-0.15, -0.1) is 11.3 Å². The van der Waals surface area contributed by atoms with Crippen molar-refractivity contribution in [3.63, 3.8) is 0 Å². The van der Waals surface area contributed by atoms with E-state index in [2.05, 4.69) is 10.2 Å². The average Bonchev–Trinajstić information content (AvgIpc) is 2.97. The maximum atomic E-state index is 12.1. The highest BCUT2D eigenvalue weighted by atomic mass is 32.1. The lowest BCUT2D eigenvalue weighted by atomic mass is 10.2. The molecule has 1 atom stereocenters. The number of hydrogen-bond donors (Lipinski definition) is 1. The second-order valence-corrected chi connectivity index (χ2v) is 5.63. The molecule has 17 heavy (non-hydrogen) atoms. The molecule has 92 valence electrons. The van der Waals surface area contributed by atoms with Crippen molar-refractivity contribution in [3.8, 4) is 0 Å². The number of nitrogens with one attached hydrogen (secondary N) is 1. The SMILES string of the molecule is O=C(Nc1cccs1)N1CCN2CCCC2C1. The van der Waals surface area contributed by atoms with E-state index in [9.17, 15) is 4.79 Å². The Morgan fingerprint density at radius 3 is 3.18 bits per heavy atom. The molecule has 0 aliphatic carbocycles. The zero-order valence-electron chi connectivity index (χ0n) is 9.76. The number of hydrogen-bond acceptors (Lipinski definition) is 3. The number of amides is 2. The van der Waals surface area contributed by atoms with Crippen molar-refractivity contribution < 1.29 is 4.79 Å². The number of carbonyl (C=O) groups is 1. The van der Waals surface area contributed by atoms with Crippen molar-refractivity contribution >= 4 is 22.4 Å². The normalized spacial score (nSPS) is 24.7. The Morgan fingerprint density at radius 1 is 1.41 bits per heavy atom. The number of carbonyl (C=O) groups excluding carboxylic acids is 1. The number of nitrogens with zero attached hydrogens (tertiary/aromatic N) is 2. The molecule has 1 aromatic heterocycles. The van der Waals surface area contributed by atoms with Crippen LogP contribution < -0.4 is 5.32 Å². The number of anilines is 1. The molecule has 0 bridgehead atoms. The van der Waals surface area contributed by atoms with Crippen LogP contribution in [-0.2, 0) is 0 Å². The smallest absolute Gasteiger partial charge is 0.322 e. The number of thiophene rings is 1. The van der Waals surface area contributed by atoms with E-state index in [1.165, 1.54) is 19.4 Å². The molecule has 2 aliphatic rings. The highest BCUT2D eigenvalue weighted by molar-refractivity contribution is 7.14. The van der Waals surface area contributed by atoms with Gasteiger partial charge in [0.15, 0.2) is 0 Å². The predicted octanol–water partition coefficient (Wildman–Crippen LogP) is 2.06. The third-order valence-corrected chi connectivity index (χ3v) is 4.41. The van der Waals surface area contributed by atoms with Crippen LogP contribution in [0, 0.1) is 0 Å². The van der Waals surface area contributed by atoms with Gasteiger partial charge in [0.05, 0.1) is 5.00 Å². The van der Waals surface area contributed by atoms with Crippen LogP contribution in [0.3, 0.4) is 0 Å². The van der Waals surface area contributed by atoms with Gasteiger partial charge in [-0.05, 0) is 36.9 Å². The fourth-order valence-corrected chi connectivity index (χ4v) is 3.32. The molecule has 0 spiro atoms. The lowest BCUT2D eigenvalue weighted by Crippen LogP contribution is -2.53. The van der Waals surface area contributed by atoms with Gasteiger partial charge in [-0.2, -0.15) is 0 Å². The summed E-state index contributed by atoms with van der Waals surface area (Å²) in [4.78, 5) is 16.5. The van der Waals surface area contributed by atoms with Gasteiger partial charge in [0.2, 0.25) is 0 Å². The van der Waals surface area contributed by atoms with Crippen molar-refractivity contribution in [1.82, 2.24) is 9.80 Å². The Kier molecular flexibility index (Phi) is 3.03. The lowest BCUT2D eigenvalue weighted by Gasteiger charge is -2.37. The Hall–Kier alpha value is -1.07. The molecule has 5 heteroatoms. The summed E-state index contributed by atoms with van der Waals surface area (Å²) in [6, 6.07) is 4.54. The van der Waals surface area contributed by atoms with Crippen LogP contribution in [-0.4, -0.2) is 48.1 Å². The Morgan fingerprint density at radius 2 is 2.35 bits per heavy atom. The van der Waals surface area contributed by atoms with E-state index in [0.29, 0.717) is 6.04 Å². The summed E-state index contributed by atoms with van der Waals surface area (Å²) in [5, 5.41) is 5.87. The number of urea groups is 1. The second kappa shape index (κ2) is 4.66. The van der Waals surface area contributed by atoms with Gasteiger partial charge in [-0.1, -0.05) is 0 Å². The topological polar surface area (TPSA) is 35.6 Å². The summed E-state index contributed by atoms with van der Waals surface area (Å²) in [7, 11) is 0. The van der Waals surface area contributed by atoms with Crippen LogP contribution in [0.2, 0.25) is 0 Å². The summed E-state index contributed by atoms with van der Waals surface area (Å²) in [6.07, 6.45) is 2.52. The highest BCUT2D eigenvalue weighted by Gasteiger charge is 2.32. The molecule has 2 aliphatic heterocycles. The maximum Gasteiger partial charge on any atom is 0.322 e. The zero-order valence-corrected chi connectivity index (χ0v) is 10.6. The van der Waals surface area contributed by atoms with Gasteiger partial charge in [0.25, 0.3) is 0 Å². The van der Waals surface area contributed by atoms with Gasteiger partial charge >= 0.3 is 6.03 Å². The first-order valence-electron chi connectivity index (χ1n) is 6.16. The van der Waals surface area contributed by atoms with Gasteiger partial charge in [-0.3, -0.25) is 10.2 Å². The van der Waals surface area contributed by atoms with Crippen LogP contribution in [0.25, 0.3) is 0 Å². The van der Waals surface area contributed by atoms with E-state index in [1.54, 1.807) is 11.3 Å². The molecule has 2 saturated heterocycles. The number of piperazine rings is 1. The third kappa shape index (κ3) is 2.30. The number of rotatable bonds is 1. The van der Waals surface area contributed by atoms with E-state index in [0.717, 1.165) is 24.6 Å². The molecular formula is C12H17N3OS. The second-order valence-electron chi connectivity index (χ2n) is 4.69. The maximum absolute atomic E-state index is 12.1. The van der Waals surface area contributed by atoms with Crippen molar-refractivity contribution in [3.05, 3.63) is 17.5 Å². The van der Waals surface area contributed by atoms with E-state index in [-0.39, 0.29) is 6.03 Å². The van der Waals surface area contributed by atoms with E-state index in [4.69, 9.17) is 0 Å². The first kappa shape index (κ1) is 11.0. The Labute approximate surface area is 105 Å². The minimum Gasteiger partial charge on any atom is -0.322 e. The molecule has 3 heterocycles. The summed E-state index contributed by atoms with van der Waals surface area (Å²) in [5.74, 6) is 0. The standard InChI is InChI=1S/C12H17N3OS/c16-12(13-11-4-2-8-17-11)15-7-6-14-5-1-3-10(14)9-15/h2,4,8,10H,1,3,5-7,9H2,(H,13,16). The van der Waals surface area contributed by atoms with E-state index >= 15 is 0 Å². The van der Waals surface area contributed by atoms with Crippen LogP contribution >= 0.6 is 11.3 Å². The average molecular weight is 251 g/mol. The minimum absolute atomic E-state index is 0.0546. The predicted molar refractivity (Wildman–Crippen MR) is 69.5 cm³/mol. The molecular weight excluding hydrogens is 234 g/mol.